The number of benzene rings is 2. The van der Waals surface area contributed by atoms with Crippen LogP contribution < -0.4 is 14.4 Å². The van der Waals surface area contributed by atoms with Crippen molar-refractivity contribution in [3.8, 4) is 5.75 Å². The van der Waals surface area contributed by atoms with E-state index in [4.69, 9.17) is 16.3 Å². The lowest BCUT2D eigenvalue weighted by atomic mass is 9.98. The van der Waals surface area contributed by atoms with Crippen LogP contribution in [-0.4, -0.2) is 33.2 Å². The normalized spacial score (nSPS) is 16.8. The van der Waals surface area contributed by atoms with E-state index in [-0.39, 0.29) is 24.8 Å². The number of hydrogen-bond donors (Lipinski definition) is 1. The Kier molecular flexibility index (Phi) is 6.10. The van der Waals surface area contributed by atoms with Gasteiger partial charge in [-0.1, -0.05) is 43.6 Å². The van der Waals surface area contributed by atoms with Gasteiger partial charge in [-0.3, -0.25) is 9.10 Å². The van der Waals surface area contributed by atoms with Crippen LogP contribution in [0.1, 0.15) is 37.3 Å². The molecular formula is C21H25ClN2O4S. The lowest BCUT2D eigenvalue weighted by molar-refractivity contribution is -0.122. The summed E-state index contributed by atoms with van der Waals surface area (Å²) in [6.07, 6.45) is 0.510. The number of sulfonamides is 1. The summed E-state index contributed by atoms with van der Waals surface area (Å²) >= 11 is 6.06. The molecule has 29 heavy (non-hydrogen) atoms. The highest BCUT2D eigenvalue weighted by Crippen LogP contribution is 2.37. The third-order valence-electron chi connectivity index (χ3n) is 4.92. The number of fused-ring (bicyclic) bond motifs is 1. The smallest absolute Gasteiger partial charge is 0.265 e. The second kappa shape index (κ2) is 8.24. The number of anilines is 2. The fraction of sp³-hybridized carbons (Fsp3) is 0.381. The predicted octanol–water partition coefficient (Wildman–Crippen LogP) is 4.33. The maximum absolute atomic E-state index is 13.1. The van der Waals surface area contributed by atoms with Gasteiger partial charge in [0, 0.05) is 23.7 Å². The van der Waals surface area contributed by atoms with Gasteiger partial charge < -0.3 is 10.1 Å². The van der Waals surface area contributed by atoms with E-state index in [9.17, 15) is 13.2 Å². The molecule has 2 aromatic carbocycles. The standard InChI is InChI=1S/C21H25ClN2O4S/c1-13(2)16-7-5-6-14(3)20(16)23-21(25)19-10-11-24(29(4,26)27)17-12-15(22)8-9-18(17)28-19/h5-9,12-13,19H,10-11H2,1-4H3,(H,23,25). The molecular weight excluding hydrogens is 412 g/mol. The quantitative estimate of drug-likeness (QED) is 0.774. The van der Waals surface area contributed by atoms with Crippen molar-refractivity contribution >= 4 is 38.9 Å². The molecule has 1 aliphatic heterocycles. The van der Waals surface area contributed by atoms with Crippen molar-refractivity contribution in [2.24, 2.45) is 0 Å². The lowest BCUT2D eigenvalue weighted by Crippen LogP contribution is -2.36. The number of nitrogens with one attached hydrogen (secondary N) is 1. The van der Waals surface area contributed by atoms with Crippen LogP contribution in [-0.2, 0) is 14.8 Å². The number of para-hydroxylation sites is 1. The molecule has 0 fully saturated rings. The van der Waals surface area contributed by atoms with Gasteiger partial charge in [0.15, 0.2) is 6.10 Å². The molecule has 1 atom stereocenters. The fourth-order valence-electron chi connectivity index (χ4n) is 3.43. The number of halogens is 1. The second-order valence-corrected chi connectivity index (χ2v) is 9.87. The van der Waals surface area contributed by atoms with Crippen LogP contribution in [0.25, 0.3) is 0 Å². The van der Waals surface area contributed by atoms with Crippen LogP contribution >= 0.6 is 11.6 Å². The molecule has 1 heterocycles. The van der Waals surface area contributed by atoms with Crippen LogP contribution in [0.5, 0.6) is 5.75 Å². The van der Waals surface area contributed by atoms with Crippen LogP contribution in [0.3, 0.4) is 0 Å². The largest absolute Gasteiger partial charge is 0.478 e. The van der Waals surface area contributed by atoms with E-state index in [0.29, 0.717) is 16.5 Å². The zero-order valence-electron chi connectivity index (χ0n) is 16.9. The number of hydrogen-bond acceptors (Lipinski definition) is 4. The number of rotatable bonds is 4. The highest BCUT2D eigenvalue weighted by Gasteiger charge is 2.32. The zero-order valence-corrected chi connectivity index (χ0v) is 18.5. The van der Waals surface area contributed by atoms with Crippen molar-refractivity contribution in [3.05, 3.63) is 52.5 Å². The highest BCUT2D eigenvalue weighted by atomic mass is 35.5. The van der Waals surface area contributed by atoms with Crippen molar-refractivity contribution in [1.29, 1.82) is 0 Å². The van der Waals surface area contributed by atoms with E-state index >= 15 is 0 Å². The number of carbonyl (C=O) groups excluding carboxylic acids is 1. The molecule has 1 aliphatic rings. The molecule has 3 rings (SSSR count). The van der Waals surface area contributed by atoms with E-state index in [2.05, 4.69) is 19.2 Å². The Bertz CT molecular complexity index is 1040. The molecule has 0 aliphatic carbocycles. The molecule has 0 bridgehead atoms. The second-order valence-electron chi connectivity index (χ2n) is 7.53. The SMILES string of the molecule is Cc1cccc(C(C)C)c1NC(=O)C1CCN(S(C)(=O)=O)c2cc(Cl)ccc2O1. The van der Waals surface area contributed by atoms with Crippen LogP contribution in [0.4, 0.5) is 11.4 Å². The van der Waals surface area contributed by atoms with Gasteiger partial charge in [0.2, 0.25) is 10.0 Å². The van der Waals surface area contributed by atoms with Crippen LogP contribution in [0, 0.1) is 6.92 Å². The van der Waals surface area contributed by atoms with E-state index in [0.717, 1.165) is 23.1 Å². The summed E-state index contributed by atoms with van der Waals surface area (Å²) in [4.78, 5) is 13.1. The molecule has 1 unspecified atom stereocenters. The molecule has 0 saturated carbocycles. The van der Waals surface area contributed by atoms with E-state index in [1.54, 1.807) is 12.1 Å². The highest BCUT2D eigenvalue weighted by molar-refractivity contribution is 7.92. The van der Waals surface area contributed by atoms with Gasteiger partial charge in [-0.05, 0) is 42.2 Å². The van der Waals surface area contributed by atoms with Gasteiger partial charge in [0.25, 0.3) is 5.91 Å². The zero-order chi connectivity index (χ0) is 21.3. The monoisotopic (exact) mass is 436 g/mol. The number of carbonyl (C=O) groups is 1. The Morgan fingerprint density at radius 3 is 2.66 bits per heavy atom. The third-order valence-corrected chi connectivity index (χ3v) is 6.34. The van der Waals surface area contributed by atoms with E-state index < -0.39 is 16.1 Å². The number of amides is 1. The third kappa shape index (κ3) is 4.67. The lowest BCUT2D eigenvalue weighted by Gasteiger charge is -2.21. The van der Waals surface area contributed by atoms with Crippen LogP contribution in [0.2, 0.25) is 5.02 Å². The van der Waals surface area contributed by atoms with E-state index in [1.165, 1.54) is 10.4 Å². The van der Waals surface area contributed by atoms with Crippen molar-refractivity contribution in [2.75, 3.05) is 22.4 Å². The minimum atomic E-state index is -3.55. The minimum Gasteiger partial charge on any atom is -0.478 e. The fourth-order valence-corrected chi connectivity index (χ4v) is 4.53. The molecule has 0 aromatic heterocycles. The first kappa shape index (κ1) is 21.5. The molecule has 156 valence electrons. The van der Waals surface area contributed by atoms with Gasteiger partial charge in [0.05, 0.1) is 11.9 Å². The molecule has 0 saturated heterocycles. The summed E-state index contributed by atoms with van der Waals surface area (Å²) in [5, 5.41) is 3.39. The topological polar surface area (TPSA) is 75.7 Å². The maximum Gasteiger partial charge on any atom is 0.265 e. The van der Waals surface area contributed by atoms with E-state index in [1.807, 2.05) is 25.1 Å². The van der Waals surface area contributed by atoms with Gasteiger partial charge in [0.1, 0.15) is 5.75 Å². The number of ether oxygens (including phenoxy) is 1. The van der Waals surface area contributed by atoms with Gasteiger partial charge in [-0.15, -0.1) is 0 Å². The van der Waals surface area contributed by atoms with Gasteiger partial charge in [-0.25, -0.2) is 8.42 Å². The van der Waals surface area contributed by atoms with Crippen molar-refractivity contribution < 1.29 is 17.9 Å². The molecule has 0 spiro atoms. The molecule has 1 amide bonds. The summed E-state index contributed by atoms with van der Waals surface area (Å²) in [5.74, 6) is 0.243. The first-order valence-electron chi connectivity index (χ1n) is 9.42. The Hall–Kier alpha value is -2.25. The summed E-state index contributed by atoms with van der Waals surface area (Å²) in [5.41, 5.74) is 3.12. The molecule has 1 N–H and O–H groups in total. The Morgan fingerprint density at radius 1 is 1.28 bits per heavy atom. The Labute approximate surface area is 176 Å². The van der Waals surface area contributed by atoms with Crippen LogP contribution in [0.15, 0.2) is 36.4 Å². The molecule has 8 heteroatoms. The first-order valence-corrected chi connectivity index (χ1v) is 11.6. The number of aryl methyl sites for hydroxylation is 1. The predicted molar refractivity (Wildman–Crippen MR) is 117 cm³/mol. The molecule has 6 nitrogen and oxygen atoms in total. The van der Waals surface area contributed by atoms with Crippen molar-refractivity contribution in [3.63, 3.8) is 0 Å². The summed E-state index contributed by atoms with van der Waals surface area (Å²) in [6, 6.07) is 10.6. The molecule has 2 aromatic rings. The van der Waals surface area contributed by atoms with Gasteiger partial charge in [-0.2, -0.15) is 0 Å². The summed E-state index contributed by atoms with van der Waals surface area (Å²) < 4.78 is 31.7. The average Bonchev–Trinajstić information content (AvgIpc) is 2.82. The number of nitrogens with zero attached hydrogens (tertiary/aromatic N) is 1. The van der Waals surface area contributed by atoms with Crippen molar-refractivity contribution in [2.45, 2.75) is 39.2 Å². The van der Waals surface area contributed by atoms with Gasteiger partial charge >= 0.3 is 0 Å². The summed E-state index contributed by atoms with van der Waals surface area (Å²) in [7, 11) is -3.55. The summed E-state index contributed by atoms with van der Waals surface area (Å²) in [6.45, 7) is 6.19. The van der Waals surface area contributed by atoms with Crippen molar-refractivity contribution in [1.82, 2.24) is 0 Å². The minimum absolute atomic E-state index is 0.120. The maximum atomic E-state index is 13.1. The average molecular weight is 437 g/mol. The Morgan fingerprint density at radius 2 is 2.00 bits per heavy atom. The molecule has 0 radical (unpaired) electrons. The Balaban J connectivity index is 1.92. The first-order chi connectivity index (χ1) is 13.6.